The summed E-state index contributed by atoms with van der Waals surface area (Å²) in [7, 11) is 3.67. The second-order valence-electron chi connectivity index (χ2n) is 5.26. The van der Waals surface area contributed by atoms with Crippen LogP contribution in [0.4, 0.5) is 5.82 Å². The molecular weight excluding hydrogens is 262 g/mol. The zero-order valence-corrected chi connectivity index (χ0v) is 13.0. The summed E-state index contributed by atoms with van der Waals surface area (Å²) in [5.41, 5.74) is 0.497. The Labute approximate surface area is 126 Å². The van der Waals surface area contributed by atoms with Crippen molar-refractivity contribution in [2.24, 2.45) is 0 Å². The SMILES string of the molecule is CCCCCN(C)C(=O)c1cc2ccccc2c(NC)n1. The number of unbranched alkanes of at least 4 members (excludes halogenated alkanes) is 2. The molecular formula is C17H23N3O. The Kier molecular flexibility index (Phi) is 5.14. The third-order valence-corrected chi connectivity index (χ3v) is 3.64. The number of nitrogens with zero attached hydrogens (tertiary/aromatic N) is 2. The third kappa shape index (κ3) is 3.51. The average molecular weight is 285 g/mol. The molecule has 0 aliphatic carbocycles. The van der Waals surface area contributed by atoms with Gasteiger partial charge >= 0.3 is 0 Å². The number of rotatable bonds is 6. The van der Waals surface area contributed by atoms with Crippen LogP contribution in [0.25, 0.3) is 10.8 Å². The second-order valence-corrected chi connectivity index (χ2v) is 5.26. The molecule has 1 aromatic carbocycles. The van der Waals surface area contributed by atoms with E-state index in [-0.39, 0.29) is 5.91 Å². The van der Waals surface area contributed by atoms with Gasteiger partial charge in [-0.15, -0.1) is 0 Å². The van der Waals surface area contributed by atoms with Crippen LogP contribution in [-0.2, 0) is 0 Å². The molecule has 1 aromatic heterocycles. The van der Waals surface area contributed by atoms with E-state index in [0.717, 1.165) is 42.4 Å². The predicted molar refractivity (Wildman–Crippen MR) is 87.8 cm³/mol. The van der Waals surface area contributed by atoms with E-state index < -0.39 is 0 Å². The quantitative estimate of drug-likeness (QED) is 0.826. The average Bonchev–Trinajstić information content (AvgIpc) is 2.53. The number of amides is 1. The smallest absolute Gasteiger partial charge is 0.272 e. The number of pyridine rings is 1. The Balaban J connectivity index is 2.27. The molecule has 112 valence electrons. The first-order valence-corrected chi connectivity index (χ1v) is 7.50. The normalized spacial score (nSPS) is 10.6. The highest BCUT2D eigenvalue weighted by atomic mass is 16.2. The first kappa shape index (κ1) is 15.3. The Morgan fingerprint density at radius 3 is 2.76 bits per heavy atom. The number of hydrogen-bond acceptors (Lipinski definition) is 3. The van der Waals surface area contributed by atoms with Crippen molar-refractivity contribution in [3.63, 3.8) is 0 Å². The van der Waals surface area contributed by atoms with Crippen LogP contribution in [0.3, 0.4) is 0 Å². The highest BCUT2D eigenvalue weighted by molar-refractivity contribution is 6.00. The van der Waals surface area contributed by atoms with Gasteiger partial charge in [-0.05, 0) is 17.9 Å². The molecule has 0 aliphatic heterocycles. The molecule has 2 aromatic rings. The van der Waals surface area contributed by atoms with E-state index in [2.05, 4.69) is 17.2 Å². The molecule has 0 aliphatic rings. The van der Waals surface area contributed by atoms with Gasteiger partial charge in [0.15, 0.2) is 0 Å². The summed E-state index contributed by atoms with van der Waals surface area (Å²) >= 11 is 0. The monoisotopic (exact) mass is 285 g/mol. The highest BCUT2D eigenvalue weighted by Crippen LogP contribution is 2.22. The summed E-state index contributed by atoms with van der Waals surface area (Å²) in [5, 5.41) is 5.14. The summed E-state index contributed by atoms with van der Waals surface area (Å²) in [6.45, 7) is 2.93. The number of anilines is 1. The van der Waals surface area contributed by atoms with E-state index in [1.54, 1.807) is 4.90 Å². The van der Waals surface area contributed by atoms with Crippen LogP contribution in [-0.4, -0.2) is 36.4 Å². The van der Waals surface area contributed by atoms with E-state index in [9.17, 15) is 4.79 Å². The van der Waals surface area contributed by atoms with Gasteiger partial charge in [0.25, 0.3) is 5.91 Å². The topological polar surface area (TPSA) is 45.2 Å². The van der Waals surface area contributed by atoms with Crippen molar-refractivity contribution >= 4 is 22.5 Å². The fraction of sp³-hybridized carbons (Fsp3) is 0.412. The molecule has 0 bridgehead atoms. The van der Waals surface area contributed by atoms with E-state index in [0.29, 0.717) is 5.69 Å². The van der Waals surface area contributed by atoms with Crippen LogP contribution >= 0.6 is 0 Å². The molecule has 2 rings (SSSR count). The van der Waals surface area contributed by atoms with Gasteiger partial charge in [0.1, 0.15) is 11.5 Å². The Hall–Kier alpha value is -2.10. The minimum atomic E-state index is -0.0200. The summed E-state index contributed by atoms with van der Waals surface area (Å²) in [6, 6.07) is 9.83. The van der Waals surface area contributed by atoms with Crippen molar-refractivity contribution in [3.8, 4) is 0 Å². The van der Waals surface area contributed by atoms with Crippen molar-refractivity contribution in [1.82, 2.24) is 9.88 Å². The van der Waals surface area contributed by atoms with Crippen molar-refractivity contribution in [3.05, 3.63) is 36.0 Å². The number of carbonyl (C=O) groups is 1. The first-order chi connectivity index (χ1) is 10.2. The molecule has 4 heteroatoms. The predicted octanol–water partition coefficient (Wildman–Crippen LogP) is 3.54. The molecule has 1 N–H and O–H groups in total. The molecule has 0 saturated carbocycles. The van der Waals surface area contributed by atoms with Crippen LogP contribution in [0.15, 0.2) is 30.3 Å². The third-order valence-electron chi connectivity index (χ3n) is 3.64. The fourth-order valence-corrected chi connectivity index (χ4v) is 2.39. The van der Waals surface area contributed by atoms with Gasteiger partial charge in [0.2, 0.25) is 0 Å². The van der Waals surface area contributed by atoms with Crippen molar-refractivity contribution in [2.45, 2.75) is 26.2 Å². The molecule has 0 radical (unpaired) electrons. The van der Waals surface area contributed by atoms with Crippen molar-refractivity contribution in [2.75, 3.05) is 26.0 Å². The Morgan fingerprint density at radius 1 is 1.29 bits per heavy atom. The molecule has 1 heterocycles. The van der Waals surface area contributed by atoms with Crippen LogP contribution < -0.4 is 5.32 Å². The maximum absolute atomic E-state index is 12.5. The van der Waals surface area contributed by atoms with Gasteiger partial charge in [0.05, 0.1) is 0 Å². The molecule has 0 fully saturated rings. The first-order valence-electron chi connectivity index (χ1n) is 7.50. The van der Waals surface area contributed by atoms with Gasteiger partial charge < -0.3 is 10.2 Å². The van der Waals surface area contributed by atoms with Crippen LogP contribution in [0.1, 0.15) is 36.7 Å². The minimum absolute atomic E-state index is 0.0200. The van der Waals surface area contributed by atoms with E-state index in [1.165, 1.54) is 0 Å². The van der Waals surface area contributed by atoms with Gasteiger partial charge in [-0.3, -0.25) is 4.79 Å². The lowest BCUT2D eigenvalue weighted by Crippen LogP contribution is -2.28. The van der Waals surface area contributed by atoms with E-state index in [4.69, 9.17) is 0 Å². The summed E-state index contributed by atoms with van der Waals surface area (Å²) in [4.78, 5) is 18.7. The number of nitrogens with one attached hydrogen (secondary N) is 1. The van der Waals surface area contributed by atoms with Crippen molar-refractivity contribution < 1.29 is 4.79 Å². The maximum Gasteiger partial charge on any atom is 0.272 e. The standard InChI is InChI=1S/C17H23N3O/c1-4-5-8-11-20(3)17(21)15-12-13-9-6-7-10-14(13)16(18-2)19-15/h6-7,9-10,12H,4-5,8,11H2,1-3H3,(H,18,19). The van der Waals surface area contributed by atoms with Crippen LogP contribution in [0.5, 0.6) is 0 Å². The van der Waals surface area contributed by atoms with Crippen LogP contribution in [0, 0.1) is 0 Å². The Morgan fingerprint density at radius 2 is 2.05 bits per heavy atom. The zero-order chi connectivity index (χ0) is 15.2. The lowest BCUT2D eigenvalue weighted by atomic mass is 10.1. The number of fused-ring (bicyclic) bond motifs is 1. The van der Waals surface area contributed by atoms with Crippen LogP contribution in [0.2, 0.25) is 0 Å². The Bertz CT molecular complexity index is 624. The largest absolute Gasteiger partial charge is 0.373 e. The molecule has 4 nitrogen and oxygen atoms in total. The van der Waals surface area contributed by atoms with Gasteiger partial charge in [0, 0.05) is 26.0 Å². The van der Waals surface area contributed by atoms with Gasteiger partial charge in [-0.1, -0.05) is 44.0 Å². The van der Waals surface area contributed by atoms with E-state index >= 15 is 0 Å². The lowest BCUT2D eigenvalue weighted by Gasteiger charge is -2.17. The van der Waals surface area contributed by atoms with E-state index in [1.807, 2.05) is 44.4 Å². The lowest BCUT2D eigenvalue weighted by molar-refractivity contribution is 0.0787. The number of benzene rings is 1. The zero-order valence-electron chi connectivity index (χ0n) is 13.0. The number of aromatic nitrogens is 1. The maximum atomic E-state index is 12.5. The highest BCUT2D eigenvalue weighted by Gasteiger charge is 2.15. The molecule has 0 atom stereocenters. The summed E-state index contributed by atoms with van der Waals surface area (Å²) in [6.07, 6.45) is 3.33. The van der Waals surface area contributed by atoms with Gasteiger partial charge in [-0.25, -0.2) is 4.98 Å². The fourth-order valence-electron chi connectivity index (χ4n) is 2.39. The number of carbonyl (C=O) groups excluding carboxylic acids is 1. The van der Waals surface area contributed by atoms with Crippen molar-refractivity contribution in [1.29, 1.82) is 0 Å². The molecule has 0 saturated heterocycles. The minimum Gasteiger partial charge on any atom is -0.373 e. The molecule has 21 heavy (non-hydrogen) atoms. The summed E-state index contributed by atoms with van der Waals surface area (Å²) in [5.74, 6) is 0.728. The molecule has 0 spiro atoms. The number of hydrogen-bond donors (Lipinski definition) is 1. The van der Waals surface area contributed by atoms with Gasteiger partial charge in [-0.2, -0.15) is 0 Å². The summed E-state index contributed by atoms with van der Waals surface area (Å²) < 4.78 is 0. The second kappa shape index (κ2) is 7.07. The molecule has 0 unspecified atom stereocenters. The molecule has 1 amide bonds.